The van der Waals surface area contributed by atoms with Crippen LogP contribution in [0.15, 0.2) is 142 Å². The molecule has 10 rings (SSSR count). The van der Waals surface area contributed by atoms with E-state index in [9.17, 15) is 0 Å². The molecule has 0 radical (unpaired) electrons. The summed E-state index contributed by atoms with van der Waals surface area (Å²) in [6.45, 7) is 0. The lowest BCUT2D eigenvalue weighted by atomic mass is 10.0. The Labute approximate surface area is 261 Å². The number of pyridine rings is 1. The molecule has 0 unspecified atom stereocenters. The van der Waals surface area contributed by atoms with Gasteiger partial charge in [-0.3, -0.25) is 0 Å². The van der Waals surface area contributed by atoms with Crippen molar-refractivity contribution in [3.8, 4) is 34.2 Å². The highest BCUT2D eigenvalue weighted by atomic mass is 16.3. The first-order valence-electron chi connectivity index (χ1n) is 15.1. The van der Waals surface area contributed by atoms with Crippen LogP contribution in [-0.4, -0.2) is 19.9 Å². The SMILES string of the molecule is c1ccc2cc(-c3nc(-c4ccc5cnc6oc7ccccc7c6c5c4)nc(-c4cccc5oc6ccccc6c45)n3)ccc2c1. The summed E-state index contributed by atoms with van der Waals surface area (Å²) < 4.78 is 12.3. The van der Waals surface area contributed by atoms with Gasteiger partial charge in [0.25, 0.3) is 0 Å². The number of fused-ring (bicyclic) bond motifs is 9. The molecule has 4 heterocycles. The minimum atomic E-state index is 0.581. The Hall–Kier alpha value is -6.40. The van der Waals surface area contributed by atoms with Gasteiger partial charge in [-0.15, -0.1) is 0 Å². The van der Waals surface area contributed by atoms with E-state index in [1.54, 1.807) is 0 Å². The van der Waals surface area contributed by atoms with Crippen molar-refractivity contribution in [3.05, 3.63) is 134 Å². The molecule has 214 valence electrons. The average Bonchev–Trinajstić information content (AvgIpc) is 3.70. The Bertz CT molecular complexity index is 2830. The summed E-state index contributed by atoms with van der Waals surface area (Å²) in [4.78, 5) is 19.9. The summed E-state index contributed by atoms with van der Waals surface area (Å²) in [5.74, 6) is 1.76. The van der Waals surface area contributed by atoms with Crippen molar-refractivity contribution in [2.45, 2.75) is 0 Å². The number of aromatic nitrogens is 4. The minimum absolute atomic E-state index is 0.581. The molecule has 0 N–H and O–H groups in total. The van der Waals surface area contributed by atoms with Gasteiger partial charge in [-0.05, 0) is 46.5 Å². The molecule has 0 aliphatic rings. The minimum Gasteiger partial charge on any atom is -0.456 e. The highest BCUT2D eigenvalue weighted by Crippen LogP contribution is 2.38. The van der Waals surface area contributed by atoms with Crippen LogP contribution >= 0.6 is 0 Å². The van der Waals surface area contributed by atoms with Crippen LogP contribution < -0.4 is 0 Å². The van der Waals surface area contributed by atoms with Crippen LogP contribution in [0.2, 0.25) is 0 Å². The van der Waals surface area contributed by atoms with Gasteiger partial charge in [0, 0.05) is 44.4 Å². The summed E-state index contributed by atoms with van der Waals surface area (Å²) in [5, 5.41) is 8.35. The van der Waals surface area contributed by atoms with Gasteiger partial charge in [-0.1, -0.05) is 97.1 Å². The van der Waals surface area contributed by atoms with Crippen LogP contribution in [0.25, 0.3) is 99.7 Å². The summed E-state index contributed by atoms with van der Waals surface area (Å²) in [6.07, 6.45) is 1.86. The number of furan rings is 2. The molecule has 0 saturated heterocycles. The fraction of sp³-hybridized carbons (Fsp3) is 0. The maximum atomic E-state index is 6.22. The van der Waals surface area contributed by atoms with Crippen LogP contribution in [0, 0.1) is 0 Å². The van der Waals surface area contributed by atoms with Crippen LogP contribution in [0.1, 0.15) is 0 Å². The fourth-order valence-electron chi connectivity index (χ4n) is 6.58. The predicted molar refractivity (Wildman–Crippen MR) is 183 cm³/mol. The van der Waals surface area contributed by atoms with Crippen molar-refractivity contribution < 1.29 is 8.83 Å². The topological polar surface area (TPSA) is 77.8 Å². The van der Waals surface area contributed by atoms with E-state index >= 15 is 0 Å². The van der Waals surface area contributed by atoms with Gasteiger partial charge in [0.05, 0.1) is 5.39 Å². The van der Waals surface area contributed by atoms with E-state index in [0.29, 0.717) is 23.2 Å². The molecule has 46 heavy (non-hydrogen) atoms. The van der Waals surface area contributed by atoms with E-state index in [1.165, 1.54) is 0 Å². The quantitative estimate of drug-likeness (QED) is 0.204. The molecule has 0 amide bonds. The van der Waals surface area contributed by atoms with Gasteiger partial charge in [0.2, 0.25) is 5.71 Å². The number of rotatable bonds is 3. The Balaban J connectivity index is 1.25. The monoisotopic (exact) mass is 590 g/mol. The normalized spacial score (nSPS) is 11.9. The Morgan fingerprint density at radius 1 is 0.413 bits per heavy atom. The number of para-hydroxylation sites is 2. The van der Waals surface area contributed by atoms with Crippen molar-refractivity contribution in [3.63, 3.8) is 0 Å². The molecule has 0 saturated carbocycles. The third-order valence-electron chi connectivity index (χ3n) is 8.77. The molecule has 6 aromatic carbocycles. The van der Waals surface area contributed by atoms with Crippen molar-refractivity contribution in [1.29, 1.82) is 0 Å². The second kappa shape index (κ2) is 9.55. The van der Waals surface area contributed by atoms with E-state index in [1.807, 2.05) is 66.9 Å². The summed E-state index contributed by atoms with van der Waals surface area (Å²) >= 11 is 0. The van der Waals surface area contributed by atoms with Crippen molar-refractivity contribution in [2.75, 3.05) is 0 Å². The van der Waals surface area contributed by atoms with E-state index in [-0.39, 0.29) is 0 Å². The number of nitrogens with zero attached hydrogens (tertiary/aromatic N) is 4. The summed E-state index contributed by atoms with van der Waals surface area (Å²) in [6, 6.07) is 43.1. The molecule has 6 nitrogen and oxygen atoms in total. The maximum absolute atomic E-state index is 6.22. The third kappa shape index (κ3) is 3.77. The van der Waals surface area contributed by atoms with Crippen LogP contribution in [0.5, 0.6) is 0 Å². The molecule has 6 heteroatoms. The first-order valence-corrected chi connectivity index (χ1v) is 15.1. The second-order valence-corrected chi connectivity index (χ2v) is 11.5. The van der Waals surface area contributed by atoms with Crippen molar-refractivity contribution in [2.24, 2.45) is 0 Å². The van der Waals surface area contributed by atoms with E-state index in [4.69, 9.17) is 23.8 Å². The third-order valence-corrected chi connectivity index (χ3v) is 8.77. The highest BCUT2D eigenvalue weighted by molar-refractivity contribution is 6.18. The lowest BCUT2D eigenvalue weighted by Gasteiger charge is -2.10. The zero-order valence-electron chi connectivity index (χ0n) is 24.3. The molecule has 0 atom stereocenters. The number of benzene rings is 6. The molecule has 4 aromatic heterocycles. The van der Waals surface area contributed by atoms with Gasteiger partial charge in [0.1, 0.15) is 16.7 Å². The molecule has 0 spiro atoms. The first kappa shape index (κ1) is 25.0. The number of hydrogen-bond acceptors (Lipinski definition) is 6. The van der Waals surface area contributed by atoms with Gasteiger partial charge < -0.3 is 8.83 Å². The van der Waals surface area contributed by atoms with Crippen molar-refractivity contribution >= 4 is 65.6 Å². The zero-order valence-corrected chi connectivity index (χ0v) is 24.3. The smallest absolute Gasteiger partial charge is 0.227 e. The van der Waals surface area contributed by atoms with Gasteiger partial charge in [-0.2, -0.15) is 0 Å². The van der Waals surface area contributed by atoms with Gasteiger partial charge >= 0.3 is 0 Å². The molecule has 10 aromatic rings. The molecule has 0 aliphatic heterocycles. The standard InChI is InChI=1S/C40H22N4O2/c1-2-9-24-20-25(17-16-23(24)8-1)37-42-38(44-39(43-37)30-12-7-15-34-35(30)28-10-3-5-13-32(28)45-34)26-18-19-27-22-41-40-36(31(27)21-26)29-11-4-6-14-33(29)46-40/h1-22H. The highest BCUT2D eigenvalue weighted by Gasteiger charge is 2.19. The first-order chi connectivity index (χ1) is 22.8. The van der Waals surface area contributed by atoms with Crippen molar-refractivity contribution in [1.82, 2.24) is 19.9 Å². The maximum Gasteiger partial charge on any atom is 0.227 e. The van der Waals surface area contributed by atoms with E-state index < -0.39 is 0 Å². The number of hydrogen-bond donors (Lipinski definition) is 0. The predicted octanol–water partition coefficient (Wildman–Crippen LogP) is 10.4. The largest absolute Gasteiger partial charge is 0.456 e. The summed E-state index contributed by atoms with van der Waals surface area (Å²) in [5.41, 5.74) is 5.72. The Morgan fingerprint density at radius 2 is 1.04 bits per heavy atom. The van der Waals surface area contributed by atoms with Crippen LogP contribution in [0.4, 0.5) is 0 Å². The second-order valence-electron chi connectivity index (χ2n) is 11.5. The molecule has 0 bridgehead atoms. The summed E-state index contributed by atoms with van der Waals surface area (Å²) in [7, 11) is 0. The lowest BCUT2D eigenvalue weighted by molar-refractivity contribution is 0.654. The van der Waals surface area contributed by atoms with E-state index in [2.05, 4.69) is 71.7 Å². The molecular weight excluding hydrogens is 568 g/mol. The van der Waals surface area contributed by atoms with Crippen LogP contribution in [-0.2, 0) is 0 Å². The van der Waals surface area contributed by atoms with Gasteiger partial charge in [-0.25, -0.2) is 19.9 Å². The lowest BCUT2D eigenvalue weighted by Crippen LogP contribution is -2.00. The zero-order chi connectivity index (χ0) is 30.2. The molecular formula is C40H22N4O2. The fourth-order valence-corrected chi connectivity index (χ4v) is 6.58. The average molecular weight is 591 g/mol. The Kier molecular flexibility index (Phi) is 5.19. The Morgan fingerprint density at radius 3 is 1.87 bits per heavy atom. The molecule has 0 aliphatic carbocycles. The van der Waals surface area contributed by atoms with E-state index in [0.717, 1.165) is 76.5 Å². The van der Waals surface area contributed by atoms with Gasteiger partial charge in [0.15, 0.2) is 17.5 Å². The molecule has 0 fully saturated rings. The van der Waals surface area contributed by atoms with Crippen LogP contribution in [0.3, 0.4) is 0 Å².